The fourth-order valence-corrected chi connectivity index (χ4v) is 0. The minimum absolute atomic E-state index is 0. The molecule has 0 radical (unpaired) electrons. The summed E-state index contributed by atoms with van der Waals surface area (Å²) in [4.78, 5) is 9.37. The number of hydrogen-bond donors (Lipinski definition) is 1. The molecule has 3 nitrogen and oxygen atoms in total. The zero-order valence-corrected chi connectivity index (χ0v) is 7.56. The molecule has 0 bridgehead atoms. The van der Waals surface area contributed by atoms with Gasteiger partial charge in [0.15, 0.2) is 0 Å². The number of rotatable bonds is 1. The molecule has 2 N–H and O–H groups in total. The zero-order valence-electron chi connectivity index (χ0n) is 5.56. The van der Waals surface area contributed by atoms with Crippen LogP contribution in [0.2, 0.25) is 0 Å². The Hall–Kier alpha value is 0.430. The van der Waals surface area contributed by atoms with Crippen LogP contribution in [0.5, 0.6) is 0 Å². The SMILES string of the molecule is CCC(=O)O.C[NH-].[Na+]. The molecular weight excluding hydrogens is 117 g/mol. The molecule has 0 saturated carbocycles. The van der Waals surface area contributed by atoms with Gasteiger partial charge in [-0.2, -0.15) is 7.05 Å². The molecule has 4 heteroatoms. The summed E-state index contributed by atoms with van der Waals surface area (Å²) in [5.74, 6) is -0.745. The quantitative estimate of drug-likeness (QED) is 0.420. The van der Waals surface area contributed by atoms with Crippen LogP contribution in [0.1, 0.15) is 13.3 Å². The first-order valence-corrected chi connectivity index (χ1v) is 1.99. The Morgan fingerprint density at radius 2 is 1.75 bits per heavy atom. The van der Waals surface area contributed by atoms with Gasteiger partial charge in [0.25, 0.3) is 0 Å². The Morgan fingerprint density at radius 3 is 1.75 bits per heavy atom. The molecule has 0 aliphatic carbocycles. The third kappa shape index (κ3) is 32.1. The second-order valence-corrected chi connectivity index (χ2v) is 0.747. The van der Waals surface area contributed by atoms with Gasteiger partial charge >= 0.3 is 35.5 Å². The average Bonchev–Trinajstić information content (AvgIpc) is 1.73. The summed E-state index contributed by atoms with van der Waals surface area (Å²) in [5.41, 5.74) is 5.75. The van der Waals surface area contributed by atoms with Gasteiger partial charge in [-0.1, -0.05) is 6.92 Å². The molecular formula is C4H10NNaO2. The molecule has 0 aromatic heterocycles. The van der Waals surface area contributed by atoms with E-state index < -0.39 is 5.97 Å². The van der Waals surface area contributed by atoms with Crippen LogP contribution in [0.25, 0.3) is 5.73 Å². The monoisotopic (exact) mass is 127 g/mol. The molecule has 0 aliphatic heterocycles. The molecule has 0 saturated heterocycles. The maximum absolute atomic E-state index is 9.37. The first kappa shape index (κ1) is 15.8. The second-order valence-electron chi connectivity index (χ2n) is 0.747. The third-order valence-corrected chi connectivity index (χ3v) is 0.302. The van der Waals surface area contributed by atoms with Crippen molar-refractivity contribution in [2.75, 3.05) is 7.05 Å². The summed E-state index contributed by atoms with van der Waals surface area (Å²) in [6.45, 7) is 1.60. The van der Waals surface area contributed by atoms with Crippen molar-refractivity contribution in [1.29, 1.82) is 0 Å². The van der Waals surface area contributed by atoms with Crippen LogP contribution in [0, 0.1) is 0 Å². The Kier molecular flexibility index (Phi) is 30.9. The van der Waals surface area contributed by atoms with Gasteiger partial charge < -0.3 is 10.8 Å². The molecule has 0 unspecified atom stereocenters. The predicted molar refractivity (Wildman–Crippen MR) is 28.2 cm³/mol. The Balaban J connectivity index is -0.0000000750. The van der Waals surface area contributed by atoms with Crippen LogP contribution in [-0.2, 0) is 4.79 Å². The van der Waals surface area contributed by atoms with E-state index in [0.29, 0.717) is 0 Å². The van der Waals surface area contributed by atoms with E-state index in [0.717, 1.165) is 0 Å². The van der Waals surface area contributed by atoms with Crippen molar-refractivity contribution in [3.05, 3.63) is 5.73 Å². The van der Waals surface area contributed by atoms with Gasteiger partial charge in [0, 0.05) is 6.42 Å². The second kappa shape index (κ2) is 15.7. The van der Waals surface area contributed by atoms with E-state index in [2.05, 4.69) is 0 Å². The minimum Gasteiger partial charge on any atom is -0.680 e. The van der Waals surface area contributed by atoms with E-state index in [-0.39, 0.29) is 36.0 Å². The first-order valence-electron chi connectivity index (χ1n) is 1.99. The van der Waals surface area contributed by atoms with Gasteiger partial charge in [0.1, 0.15) is 0 Å². The van der Waals surface area contributed by atoms with Crippen molar-refractivity contribution < 1.29 is 39.5 Å². The van der Waals surface area contributed by atoms with Crippen molar-refractivity contribution in [3.63, 3.8) is 0 Å². The van der Waals surface area contributed by atoms with Gasteiger partial charge in [0.05, 0.1) is 0 Å². The first-order chi connectivity index (χ1) is 3.27. The predicted octanol–water partition coefficient (Wildman–Crippen LogP) is -1.85. The number of carboxylic acid groups (broad SMARTS) is 1. The summed E-state index contributed by atoms with van der Waals surface area (Å²) in [6.07, 6.45) is 0.222. The van der Waals surface area contributed by atoms with Crippen LogP contribution in [0.15, 0.2) is 0 Å². The molecule has 0 aliphatic rings. The van der Waals surface area contributed by atoms with E-state index >= 15 is 0 Å². The zero-order chi connectivity index (χ0) is 6.28. The fraction of sp³-hybridized carbons (Fsp3) is 0.750. The maximum Gasteiger partial charge on any atom is 1.00 e. The van der Waals surface area contributed by atoms with E-state index in [9.17, 15) is 4.79 Å². The van der Waals surface area contributed by atoms with Gasteiger partial charge in [-0.15, -0.1) is 0 Å². The largest absolute Gasteiger partial charge is 1.00 e. The number of carbonyl (C=O) groups is 1. The Morgan fingerprint density at radius 1 is 1.62 bits per heavy atom. The van der Waals surface area contributed by atoms with E-state index in [1.54, 1.807) is 6.92 Å². The van der Waals surface area contributed by atoms with Crippen molar-refractivity contribution in [2.24, 2.45) is 0 Å². The van der Waals surface area contributed by atoms with Crippen LogP contribution < -0.4 is 29.6 Å². The maximum atomic E-state index is 9.37. The van der Waals surface area contributed by atoms with E-state index in [1.165, 1.54) is 7.05 Å². The average molecular weight is 127 g/mol. The summed E-state index contributed by atoms with van der Waals surface area (Å²) >= 11 is 0. The van der Waals surface area contributed by atoms with Crippen molar-refractivity contribution in [3.8, 4) is 0 Å². The van der Waals surface area contributed by atoms with Crippen LogP contribution in [0.3, 0.4) is 0 Å². The summed E-state index contributed by atoms with van der Waals surface area (Å²) in [6, 6.07) is 0. The molecule has 0 heterocycles. The van der Waals surface area contributed by atoms with E-state index in [1.807, 2.05) is 0 Å². The molecule has 0 atom stereocenters. The third-order valence-electron chi connectivity index (χ3n) is 0.302. The summed E-state index contributed by atoms with van der Waals surface area (Å²) in [5, 5.41) is 7.72. The van der Waals surface area contributed by atoms with Crippen LogP contribution in [-0.4, -0.2) is 18.1 Å². The summed E-state index contributed by atoms with van der Waals surface area (Å²) in [7, 11) is 1.25. The number of hydrogen-bond acceptors (Lipinski definition) is 1. The van der Waals surface area contributed by atoms with E-state index in [4.69, 9.17) is 10.8 Å². The molecule has 0 amide bonds. The number of nitrogens with one attached hydrogen (secondary N) is 1. The van der Waals surface area contributed by atoms with Crippen molar-refractivity contribution in [1.82, 2.24) is 0 Å². The normalized spacial score (nSPS) is 5.38. The van der Waals surface area contributed by atoms with Crippen LogP contribution in [0.4, 0.5) is 0 Å². The molecule has 44 valence electrons. The molecule has 0 aromatic rings. The van der Waals surface area contributed by atoms with Gasteiger partial charge in [0.2, 0.25) is 0 Å². The van der Waals surface area contributed by atoms with Crippen LogP contribution >= 0.6 is 0 Å². The minimum atomic E-state index is -0.745. The van der Waals surface area contributed by atoms with Crippen molar-refractivity contribution in [2.45, 2.75) is 13.3 Å². The fourth-order valence-electron chi connectivity index (χ4n) is 0. The number of carboxylic acids is 1. The standard InChI is InChI=1S/C3H6O2.CH4N.Na/c1-2-3(4)5;1-2;/h2H2,1H3,(H,4,5);2H,1H3;/q;-1;+1. The molecule has 0 aromatic carbocycles. The molecule has 0 fully saturated rings. The smallest absolute Gasteiger partial charge is 0.680 e. The molecule has 0 rings (SSSR count). The number of aliphatic carboxylic acids is 1. The van der Waals surface area contributed by atoms with Gasteiger partial charge in [-0.05, 0) is 0 Å². The van der Waals surface area contributed by atoms with Gasteiger partial charge in [-0.3, -0.25) is 4.79 Å². The Bertz CT molecular complexity index is 49.3. The molecule has 8 heavy (non-hydrogen) atoms. The van der Waals surface area contributed by atoms with Crippen molar-refractivity contribution >= 4 is 5.97 Å². The summed E-state index contributed by atoms with van der Waals surface area (Å²) < 4.78 is 0. The topological polar surface area (TPSA) is 61.1 Å². The molecule has 0 spiro atoms. The van der Waals surface area contributed by atoms with Gasteiger partial charge in [-0.25, -0.2) is 0 Å². The Labute approximate surface area is 71.5 Å².